The Bertz CT molecular complexity index is 675. The predicted octanol–water partition coefficient (Wildman–Crippen LogP) is 3.78. The number of carbonyl (C=O) groups is 2. The summed E-state index contributed by atoms with van der Waals surface area (Å²) in [5.41, 5.74) is 1.98. The first-order valence-corrected chi connectivity index (χ1v) is 8.80. The van der Waals surface area contributed by atoms with E-state index in [0.717, 1.165) is 24.0 Å². The third kappa shape index (κ3) is 4.08. The third-order valence-corrected chi connectivity index (χ3v) is 4.97. The van der Waals surface area contributed by atoms with Gasteiger partial charge in [0.2, 0.25) is 5.91 Å². The highest BCUT2D eigenvalue weighted by molar-refractivity contribution is 5.85. The Balaban J connectivity index is 1.85. The minimum atomic E-state index is -0.865. The molecule has 0 aromatic heterocycles. The van der Waals surface area contributed by atoms with Gasteiger partial charge in [-0.15, -0.1) is 0 Å². The largest absolute Gasteiger partial charge is 0.481 e. The maximum atomic E-state index is 12.9. The van der Waals surface area contributed by atoms with Gasteiger partial charge in [-0.2, -0.15) is 0 Å². The molecule has 1 aliphatic carbocycles. The molecule has 0 unspecified atom stereocenters. The van der Waals surface area contributed by atoms with Gasteiger partial charge in [-0.05, 0) is 24.0 Å². The molecule has 1 aliphatic rings. The first-order chi connectivity index (χ1) is 12.2. The Morgan fingerprint density at radius 1 is 0.840 bits per heavy atom. The van der Waals surface area contributed by atoms with E-state index in [1.165, 1.54) is 0 Å². The minimum absolute atomic E-state index is 0.162. The molecule has 0 spiro atoms. The Morgan fingerprint density at radius 3 is 1.80 bits per heavy atom. The van der Waals surface area contributed by atoms with Crippen molar-refractivity contribution < 1.29 is 14.7 Å². The molecule has 4 nitrogen and oxygen atoms in total. The fraction of sp³-hybridized carbons (Fsp3) is 0.333. The van der Waals surface area contributed by atoms with Gasteiger partial charge in [-0.1, -0.05) is 73.5 Å². The predicted molar refractivity (Wildman–Crippen MR) is 96.0 cm³/mol. The molecule has 1 saturated carbocycles. The van der Waals surface area contributed by atoms with Crippen LogP contribution in [0.2, 0.25) is 0 Å². The second-order valence-corrected chi connectivity index (χ2v) is 6.60. The van der Waals surface area contributed by atoms with Crippen LogP contribution in [0.4, 0.5) is 0 Å². The van der Waals surface area contributed by atoms with Crippen molar-refractivity contribution in [1.82, 2.24) is 5.32 Å². The first kappa shape index (κ1) is 17.2. The molecule has 0 saturated heterocycles. The number of hydrogen-bond donors (Lipinski definition) is 2. The van der Waals surface area contributed by atoms with Crippen LogP contribution >= 0.6 is 0 Å². The molecule has 0 radical (unpaired) electrons. The van der Waals surface area contributed by atoms with Crippen LogP contribution < -0.4 is 5.32 Å². The molecular weight excluding hydrogens is 314 g/mol. The molecule has 3 rings (SSSR count). The van der Waals surface area contributed by atoms with Crippen LogP contribution in [0, 0.1) is 11.8 Å². The summed E-state index contributed by atoms with van der Waals surface area (Å²) in [5.74, 6) is -2.07. The molecule has 2 atom stereocenters. The summed E-state index contributed by atoms with van der Waals surface area (Å²) in [4.78, 5) is 24.4. The van der Waals surface area contributed by atoms with Crippen molar-refractivity contribution in [3.05, 3.63) is 71.8 Å². The highest BCUT2D eigenvalue weighted by Crippen LogP contribution is 2.32. The van der Waals surface area contributed by atoms with Crippen LogP contribution in [0.3, 0.4) is 0 Å². The van der Waals surface area contributed by atoms with Gasteiger partial charge in [0.25, 0.3) is 0 Å². The second-order valence-electron chi connectivity index (χ2n) is 6.60. The van der Waals surface area contributed by atoms with E-state index in [9.17, 15) is 14.7 Å². The number of carboxylic acid groups (broad SMARTS) is 1. The summed E-state index contributed by atoms with van der Waals surface area (Å²) >= 11 is 0. The average molecular weight is 337 g/mol. The highest BCUT2D eigenvalue weighted by atomic mass is 16.4. The van der Waals surface area contributed by atoms with Gasteiger partial charge in [0.15, 0.2) is 0 Å². The van der Waals surface area contributed by atoms with Crippen LogP contribution in [0.15, 0.2) is 60.7 Å². The zero-order valence-electron chi connectivity index (χ0n) is 14.1. The smallest absolute Gasteiger partial charge is 0.307 e. The van der Waals surface area contributed by atoms with E-state index in [0.29, 0.717) is 12.8 Å². The Labute approximate surface area is 147 Å². The molecule has 2 aromatic carbocycles. The normalized spacial score (nSPS) is 20.2. The second kappa shape index (κ2) is 7.97. The summed E-state index contributed by atoms with van der Waals surface area (Å²) in [6.07, 6.45) is 3.00. The van der Waals surface area contributed by atoms with Crippen LogP contribution in [0.25, 0.3) is 0 Å². The fourth-order valence-electron chi connectivity index (χ4n) is 3.64. The van der Waals surface area contributed by atoms with E-state index in [1.807, 2.05) is 60.7 Å². The molecule has 130 valence electrons. The maximum absolute atomic E-state index is 12.9. The summed E-state index contributed by atoms with van der Waals surface area (Å²) < 4.78 is 0. The molecule has 4 heteroatoms. The van der Waals surface area contributed by atoms with Crippen LogP contribution in [-0.2, 0) is 9.59 Å². The van der Waals surface area contributed by atoms with Crippen molar-refractivity contribution in [2.24, 2.45) is 11.8 Å². The zero-order chi connectivity index (χ0) is 17.6. The van der Waals surface area contributed by atoms with E-state index < -0.39 is 17.8 Å². The molecular formula is C21H23NO3. The van der Waals surface area contributed by atoms with E-state index >= 15 is 0 Å². The maximum Gasteiger partial charge on any atom is 0.307 e. The lowest BCUT2D eigenvalue weighted by molar-refractivity contribution is -0.149. The lowest BCUT2D eigenvalue weighted by Gasteiger charge is -2.29. The summed E-state index contributed by atoms with van der Waals surface area (Å²) in [7, 11) is 0. The lowest BCUT2D eigenvalue weighted by Crippen LogP contribution is -2.41. The number of aliphatic carboxylic acids is 1. The molecule has 1 fully saturated rings. The van der Waals surface area contributed by atoms with Gasteiger partial charge >= 0.3 is 5.97 Å². The Kier molecular flexibility index (Phi) is 5.49. The van der Waals surface area contributed by atoms with E-state index in [4.69, 9.17) is 0 Å². The van der Waals surface area contributed by atoms with Crippen LogP contribution in [0.1, 0.15) is 42.9 Å². The standard InChI is InChI=1S/C21H23NO3/c23-20(17-13-7-8-14-18(17)21(24)25)22-19(15-9-3-1-4-10-15)16-11-5-2-6-12-16/h1-6,9-12,17-19H,7-8,13-14H2,(H,22,23)(H,24,25)/t17-,18-/m1/s1. The van der Waals surface area contributed by atoms with Gasteiger partial charge < -0.3 is 10.4 Å². The topological polar surface area (TPSA) is 66.4 Å². The van der Waals surface area contributed by atoms with E-state index in [2.05, 4.69) is 5.32 Å². The number of benzene rings is 2. The highest BCUT2D eigenvalue weighted by Gasteiger charge is 2.36. The van der Waals surface area contributed by atoms with Crippen molar-refractivity contribution in [2.75, 3.05) is 0 Å². The zero-order valence-corrected chi connectivity index (χ0v) is 14.1. The Morgan fingerprint density at radius 2 is 1.32 bits per heavy atom. The molecule has 2 N–H and O–H groups in total. The number of hydrogen-bond acceptors (Lipinski definition) is 2. The SMILES string of the molecule is O=C(O)[C@@H]1CCCC[C@H]1C(=O)NC(c1ccccc1)c1ccccc1. The van der Waals surface area contributed by atoms with Crippen molar-refractivity contribution >= 4 is 11.9 Å². The monoisotopic (exact) mass is 337 g/mol. The number of carbonyl (C=O) groups excluding carboxylic acids is 1. The van der Waals surface area contributed by atoms with Crippen molar-refractivity contribution in [3.63, 3.8) is 0 Å². The Hall–Kier alpha value is -2.62. The van der Waals surface area contributed by atoms with Gasteiger partial charge in [-0.25, -0.2) is 0 Å². The van der Waals surface area contributed by atoms with Crippen molar-refractivity contribution in [2.45, 2.75) is 31.7 Å². The van der Waals surface area contributed by atoms with Crippen molar-refractivity contribution in [1.29, 1.82) is 0 Å². The summed E-state index contributed by atoms with van der Waals surface area (Å²) in [5, 5.41) is 12.5. The summed E-state index contributed by atoms with van der Waals surface area (Å²) in [6, 6.07) is 19.3. The third-order valence-electron chi connectivity index (χ3n) is 4.97. The van der Waals surface area contributed by atoms with Gasteiger partial charge in [0, 0.05) is 0 Å². The van der Waals surface area contributed by atoms with Crippen LogP contribution in [-0.4, -0.2) is 17.0 Å². The summed E-state index contributed by atoms with van der Waals surface area (Å²) in [6.45, 7) is 0. The fourth-order valence-corrected chi connectivity index (χ4v) is 3.64. The quantitative estimate of drug-likeness (QED) is 0.872. The van der Waals surface area contributed by atoms with Crippen molar-refractivity contribution in [3.8, 4) is 0 Å². The van der Waals surface area contributed by atoms with E-state index in [-0.39, 0.29) is 11.9 Å². The number of amides is 1. The first-order valence-electron chi connectivity index (χ1n) is 8.80. The average Bonchev–Trinajstić information content (AvgIpc) is 2.67. The number of nitrogens with one attached hydrogen (secondary N) is 1. The van der Waals surface area contributed by atoms with Crippen LogP contribution in [0.5, 0.6) is 0 Å². The molecule has 2 aromatic rings. The van der Waals surface area contributed by atoms with E-state index in [1.54, 1.807) is 0 Å². The minimum Gasteiger partial charge on any atom is -0.481 e. The van der Waals surface area contributed by atoms with Gasteiger partial charge in [0.1, 0.15) is 0 Å². The molecule has 0 heterocycles. The lowest BCUT2D eigenvalue weighted by atomic mass is 9.78. The number of carboxylic acids is 1. The molecule has 0 bridgehead atoms. The molecule has 1 amide bonds. The van der Waals surface area contributed by atoms with Gasteiger partial charge in [0.05, 0.1) is 17.9 Å². The number of rotatable bonds is 5. The molecule has 0 aliphatic heterocycles. The molecule has 25 heavy (non-hydrogen) atoms. The van der Waals surface area contributed by atoms with Gasteiger partial charge in [-0.3, -0.25) is 9.59 Å².